The minimum absolute atomic E-state index is 0.0405. The van der Waals surface area contributed by atoms with E-state index in [0.717, 1.165) is 9.18 Å². The molecule has 0 radical (unpaired) electrons. The van der Waals surface area contributed by atoms with Crippen LogP contribution in [-0.2, 0) is 21.4 Å². The van der Waals surface area contributed by atoms with Crippen molar-refractivity contribution in [3.8, 4) is 0 Å². The van der Waals surface area contributed by atoms with Gasteiger partial charge >= 0.3 is 0 Å². The van der Waals surface area contributed by atoms with Crippen LogP contribution in [0, 0.1) is 0 Å². The first kappa shape index (κ1) is 20.2. The van der Waals surface area contributed by atoms with E-state index < -0.39 is 10.0 Å². The van der Waals surface area contributed by atoms with E-state index in [1.807, 2.05) is 12.1 Å². The Morgan fingerprint density at radius 1 is 1.24 bits per heavy atom. The highest BCUT2D eigenvalue weighted by molar-refractivity contribution is 7.99. The molecule has 0 bridgehead atoms. The molecule has 0 aliphatic rings. The van der Waals surface area contributed by atoms with Gasteiger partial charge in [-0.3, -0.25) is 4.79 Å². The van der Waals surface area contributed by atoms with Crippen LogP contribution in [0.4, 0.5) is 0 Å². The number of nitrogens with zero attached hydrogens (tertiary/aromatic N) is 3. The number of thiophene rings is 1. The molecule has 0 unspecified atom stereocenters. The first-order valence-corrected chi connectivity index (χ1v) is 10.8. The molecule has 0 N–H and O–H groups in total. The SMILES string of the molecule is CN(Cc1ccc(Cl)s1)C(=O)CSc1ccc(S(=O)(=O)N(C)C)cn1. The Balaban J connectivity index is 1.91. The van der Waals surface area contributed by atoms with E-state index in [-0.39, 0.29) is 16.6 Å². The van der Waals surface area contributed by atoms with Crippen LogP contribution >= 0.6 is 34.7 Å². The lowest BCUT2D eigenvalue weighted by Gasteiger charge is -2.16. The Kier molecular flexibility index (Phi) is 6.86. The van der Waals surface area contributed by atoms with Crippen LogP contribution < -0.4 is 0 Å². The molecule has 1 amide bonds. The summed E-state index contributed by atoms with van der Waals surface area (Å²) in [5, 5.41) is 0.596. The Morgan fingerprint density at radius 3 is 2.48 bits per heavy atom. The van der Waals surface area contributed by atoms with Crippen LogP contribution in [0.15, 0.2) is 40.4 Å². The van der Waals surface area contributed by atoms with E-state index in [1.54, 1.807) is 18.0 Å². The summed E-state index contributed by atoms with van der Waals surface area (Å²) in [6, 6.07) is 6.80. The van der Waals surface area contributed by atoms with Crippen molar-refractivity contribution in [1.29, 1.82) is 0 Å². The van der Waals surface area contributed by atoms with Gasteiger partial charge in [0.15, 0.2) is 0 Å². The number of carbonyl (C=O) groups is 1. The van der Waals surface area contributed by atoms with Gasteiger partial charge in [0.2, 0.25) is 15.9 Å². The molecular weight excluding hydrogens is 402 g/mol. The fourth-order valence-electron chi connectivity index (χ4n) is 1.82. The third-order valence-electron chi connectivity index (χ3n) is 3.28. The van der Waals surface area contributed by atoms with Crippen molar-refractivity contribution in [2.24, 2.45) is 0 Å². The molecule has 136 valence electrons. The molecule has 2 aromatic heterocycles. The molecule has 0 aliphatic carbocycles. The molecule has 0 fully saturated rings. The molecule has 0 aliphatic heterocycles. The van der Waals surface area contributed by atoms with Gasteiger partial charge in [-0.2, -0.15) is 0 Å². The molecule has 2 rings (SSSR count). The van der Waals surface area contributed by atoms with Crippen molar-refractivity contribution in [3.63, 3.8) is 0 Å². The van der Waals surface area contributed by atoms with Gasteiger partial charge in [0.25, 0.3) is 0 Å². The average Bonchev–Trinajstić information content (AvgIpc) is 2.97. The van der Waals surface area contributed by atoms with Crippen LogP contribution in [-0.4, -0.2) is 55.4 Å². The molecule has 2 aromatic rings. The van der Waals surface area contributed by atoms with Gasteiger partial charge in [-0.05, 0) is 24.3 Å². The maximum atomic E-state index is 12.2. The number of rotatable bonds is 7. The molecule has 6 nitrogen and oxygen atoms in total. The second-order valence-corrected chi connectivity index (χ2v) is 10.3. The van der Waals surface area contributed by atoms with E-state index in [0.29, 0.717) is 15.9 Å². The maximum Gasteiger partial charge on any atom is 0.244 e. The van der Waals surface area contributed by atoms with Crippen molar-refractivity contribution in [2.45, 2.75) is 16.5 Å². The Morgan fingerprint density at radius 2 is 1.96 bits per heavy atom. The van der Waals surface area contributed by atoms with Crippen LogP contribution in [0.2, 0.25) is 4.34 Å². The molecular formula is C15H18ClN3O3S3. The number of carbonyl (C=O) groups excluding carboxylic acids is 1. The fraction of sp³-hybridized carbons (Fsp3) is 0.333. The lowest BCUT2D eigenvalue weighted by Crippen LogP contribution is -2.27. The lowest BCUT2D eigenvalue weighted by molar-refractivity contribution is -0.127. The summed E-state index contributed by atoms with van der Waals surface area (Å²) in [6.07, 6.45) is 1.31. The van der Waals surface area contributed by atoms with Crippen LogP contribution in [0.25, 0.3) is 0 Å². The van der Waals surface area contributed by atoms with Crippen LogP contribution in [0.1, 0.15) is 4.88 Å². The molecule has 10 heteroatoms. The highest BCUT2D eigenvalue weighted by Gasteiger charge is 2.18. The van der Waals surface area contributed by atoms with Crippen molar-refractivity contribution >= 4 is 50.6 Å². The number of sulfonamides is 1. The number of aromatic nitrogens is 1. The normalized spacial score (nSPS) is 11.7. The third kappa shape index (κ3) is 5.42. The second kappa shape index (κ2) is 8.50. The molecule has 25 heavy (non-hydrogen) atoms. The summed E-state index contributed by atoms with van der Waals surface area (Å²) in [6.45, 7) is 0.504. The summed E-state index contributed by atoms with van der Waals surface area (Å²) in [5.41, 5.74) is 0. The first-order valence-electron chi connectivity index (χ1n) is 7.19. The summed E-state index contributed by atoms with van der Waals surface area (Å²) >= 11 is 8.60. The van der Waals surface area contributed by atoms with Crippen molar-refractivity contribution in [2.75, 3.05) is 26.9 Å². The van der Waals surface area contributed by atoms with E-state index in [2.05, 4.69) is 4.98 Å². The summed E-state index contributed by atoms with van der Waals surface area (Å²) in [4.78, 5) is 19.1. The summed E-state index contributed by atoms with van der Waals surface area (Å²) in [5.74, 6) is 0.184. The highest BCUT2D eigenvalue weighted by Crippen LogP contribution is 2.23. The highest BCUT2D eigenvalue weighted by atomic mass is 35.5. The van der Waals surface area contributed by atoms with Crippen molar-refractivity contribution < 1.29 is 13.2 Å². The first-order chi connectivity index (χ1) is 11.7. The number of hydrogen-bond donors (Lipinski definition) is 0. The molecule has 2 heterocycles. The standard InChI is InChI=1S/C15H18ClN3O3S3/c1-18(2)25(21,22)12-5-7-14(17-8-12)23-10-15(20)19(3)9-11-4-6-13(16)24-11/h4-8H,9-10H2,1-3H3. The van der Waals surface area contributed by atoms with E-state index in [4.69, 9.17) is 11.6 Å². The predicted molar refractivity (Wildman–Crippen MR) is 102 cm³/mol. The zero-order chi connectivity index (χ0) is 18.6. The van der Waals surface area contributed by atoms with Crippen molar-refractivity contribution in [1.82, 2.24) is 14.2 Å². The lowest BCUT2D eigenvalue weighted by atomic mass is 10.4. The quantitative estimate of drug-likeness (QED) is 0.645. The Bertz CT molecular complexity index is 835. The minimum atomic E-state index is -3.49. The zero-order valence-corrected chi connectivity index (χ0v) is 17.2. The Labute approximate surface area is 160 Å². The van der Waals surface area contributed by atoms with Gasteiger partial charge in [-0.25, -0.2) is 17.7 Å². The second-order valence-electron chi connectivity index (χ2n) is 5.36. The number of hydrogen-bond acceptors (Lipinski definition) is 6. The molecule has 0 aromatic carbocycles. The van der Waals surface area contributed by atoms with Gasteiger partial charge in [0, 0.05) is 32.2 Å². The monoisotopic (exact) mass is 419 g/mol. The molecule has 0 saturated heterocycles. The predicted octanol–water partition coefficient (Wildman–Crippen LogP) is 2.80. The van der Waals surface area contributed by atoms with Gasteiger partial charge < -0.3 is 4.90 Å². The van der Waals surface area contributed by atoms with Gasteiger partial charge in [-0.1, -0.05) is 23.4 Å². The van der Waals surface area contributed by atoms with Crippen LogP contribution in [0.5, 0.6) is 0 Å². The number of halogens is 1. The third-order valence-corrected chi connectivity index (χ3v) is 7.22. The van der Waals surface area contributed by atoms with Gasteiger partial charge in [0.05, 0.1) is 21.7 Å². The minimum Gasteiger partial charge on any atom is -0.340 e. The average molecular weight is 420 g/mol. The number of thioether (sulfide) groups is 1. The maximum absolute atomic E-state index is 12.2. The van der Waals surface area contributed by atoms with E-state index in [9.17, 15) is 13.2 Å². The summed E-state index contributed by atoms with van der Waals surface area (Å²) in [7, 11) is 1.17. The number of amides is 1. The van der Waals surface area contributed by atoms with E-state index >= 15 is 0 Å². The number of pyridine rings is 1. The fourth-order valence-corrected chi connectivity index (χ4v) is 4.59. The van der Waals surface area contributed by atoms with Gasteiger partial charge in [0.1, 0.15) is 4.90 Å². The van der Waals surface area contributed by atoms with Gasteiger partial charge in [-0.15, -0.1) is 11.3 Å². The topological polar surface area (TPSA) is 70.6 Å². The molecule has 0 atom stereocenters. The van der Waals surface area contributed by atoms with Crippen molar-refractivity contribution in [3.05, 3.63) is 39.7 Å². The zero-order valence-electron chi connectivity index (χ0n) is 14.0. The van der Waals surface area contributed by atoms with E-state index in [1.165, 1.54) is 49.5 Å². The molecule has 0 spiro atoms. The smallest absolute Gasteiger partial charge is 0.244 e. The Hall–Kier alpha value is -1.13. The van der Waals surface area contributed by atoms with Crippen LogP contribution in [0.3, 0.4) is 0 Å². The molecule has 0 saturated carbocycles. The largest absolute Gasteiger partial charge is 0.340 e. The summed E-state index contributed by atoms with van der Waals surface area (Å²) < 4.78 is 25.8.